The summed E-state index contributed by atoms with van der Waals surface area (Å²) in [7, 11) is 1.87. The molecule has 100 valence electrons. The SMILES string of the molecule is Cn1cc(CCNC(=O)Cc2ccccc2Cl)cn1. The number of nitrogens with one attached hydrogen (secondary N) is 1. The third-order valence-corrected chi connectivity index (χ3v) is 3.17. The standard InChI is InChI=1S/C14H16ClN3O/c1-18-10-11(9-17-18)6-7-16-14(19)8-12-4-2-3-5-13(12)15/h2-5,9-10H,6-8H2,1H3,(H,16,19). The molecule has 1 N–H and O–H groups in total. The first-order chi connectivity index (χ1) is 9.15. The van der Waals surface area contributed by atoms with Gasteiger partial charge in [-0.3, -0.25) is 9.48 Å². The fourth-order valence-electron chi connectivity index (χ4n) is 1.82. The Morgan fingerprint density at radius 3 is 2.89 bits per heavy atom. The first-order valence-electron chi connectivity index (χ1n) is 6.13. The van der Waals surface area contributed by atoms with Crippen LogP contribution in [0.3, 0.4) is 0 Å². The van der Waals surface area contributed by atoms with Crippen LogP contribution in [0.25, 0.3) is 0 Å². The average Bonchev–Trinajstić information content (AvgIpc) is 2.78. The van der Waals surface area contributed by atoms with E-state index in [-0.39, 0.29) is 5.91 Å². The largest absolute Gasteiger partial charge is 0.355 e. The van der Waals surface area contributed by atoms with Gasteiger partial charge in [0.25, 0.3) is 0 Å². The van der Waals surface area contributed by atoms with Gasteiger partial charge in [-0.05, 0) is 23.6 Å². The van der Waals surface area contributed by atoms with Crippen molar-refractivity contribution in [1.82, 2.24) is 15.1 Å². The van der Waals surface area contributed by atoms with Crippen LogP contribution in [0.4, 0.5) is 0 Å². The first kappa shape index (κ1) is 13.6. The number of aromatic nitrogens is 2. The van der Waals surface area contributed by atoms with E-state index >= 15 is 0 Å². The predicted octanol–water partition coefficient (Wildman–Crippen LogP) is 1.97. The van der Waals surface area contributed by atoms with E-state index in [9.17, 15) is 4.79 Å². The number of hydrogen-bond acceptors (Lipinski definition) is 2. The molecule has 0 spiro atoms. The Morgan fingerprint density at radius 2 is 2.21 bits per heavy atom. The fourth-order valence-corrected chi connectivity index (χ4v) is 2.03. The van der Waals surface area contributed by atoms with Crippen molar-refractivity contribution in [3.05, 3.63) is 52.8 Å². The second-order valence-corrected chi connectivity index (χ2v) is 4.80. The maximum absolute atomic E-state index is 11.8. The Kier molecular flexibility index (Phi) is 4.58. The van der Waals surface area contributed by atoms with E-state index in [2.05, 4.69) is 10.4 Å². The van der Waals surface area contributed by atoms with E-state index in [1.807, 2.05) is 31.4 Å². The Labute approximate surface area is 117 Å². The molecule has 0 saturated heterocycles. The van der Waals surface area contributed by atoms with Crippen molar-refractivity contribution in [1.29, 1.82) is 0 Å². The molecule has 0 aliphatic rings. The molecule has 0 aliphatic heterocycles. The molecule has 0 radical (unpaired) electrons. The van der Waals surface area contributed by atoms with Crippen LogP contribution >= 0.6 is 11.6 Å². The second kappa shape index (κ2) is 6.38. The molecule has 1 heterocycles. The molecule has 5 heteroatoms. The maximum Gasteiger partial charge on any atom is 0.224 e. The molecule has 0 saturated carbocycles. The highest BCUT2D eigenvalue weighted by Crippen LogP contribution is 2.15. The summed E-state index contributed by atoms with van der Waals surface area (Å²) in [5, 5.41) is 7.59. The molecule has 0 aliphatic carbocycles. The van der Waals surface area contributed by atoms with E-state index in [1.54, 1.807) is 16.9 Å². The van der Waals surface area contributed by atoms with E-state index in [4.69, 9.17) is 11.6 Å². The number of amides is 1. The molecule has 1 aromatic heterocycles. The summed E-state index contributed by atoms with van der Waals surface area (Å²) in [6, 6.07) is 7.39. The van der Waals surface area contributed by atoms with Gasteiger partial charge in [0.1, 0.15) is 0 Å². The zero-order chi connectivity index (χ0) is 13.7. The van der Waals surface area contributed by atoms with Crippen LogP contribution in [0.5, 0.6) is 0 Å². The lowest BCUT2D eigenvalue weighted by molar-refractivity contribution is -0.120. The summed E-state index contributed by atoms with van der Waals surface area (Å²) in [5.74, 6) is -0.0167. The summed E-state index contributed by atoms with van der Waals surface area (Å²) in [4.78, 5) is 11.8. The number of benzene rings is 1. The number of hydrogen-bond donors (Lipinski definition) is 1. The molecule has 19 heavy (non-hydrogen) atoms. The highest BCUT2D eigenvalue weighted by Gasteiger charge is 2.06. The van der Waals surface area contributed by atoms with Crippen LogP contribution < -0.4 is 5.32 Å². The van der Waals surface area contributed by atoms with Gasteiger partial charge in [-0.15, -0.1) is 0 Å². The molecule has 1 aromatic carbocycles. The number of halogens is 1. The van der Waals surface area contributed by atoms with Crippen LogP contribution in [-0.2, 0) is 24.7 Å². The van der Waals surface area contributed by atoms with E-state index in [1.165, 1.54) is 0 Å². The summed E-state index contributed by atoms with van der Waals surface area (Å²) >= 11 is 6.01. The van der Waals surface area contributed by atoms with Crippen molar-refractivity contribution in [3.63, 3.8) is 0 Å². The topological polar surface area (TPSA) is 46.9 Å². The summed E-state index contributed by atoms with van der Waals surface area (Å²) in [6.07, 6.45) is 4.84. The molecule has 4 nitrogen and oxygen atoms in total. The van der Waals surface area contributed by atoms with Crippen molar-refractivity contribution >= 4 is 17.5 Å². The molecule has 1 amide bonds. The normalized spacial score (nSPS) is 10.4. The van der Waals surface area contributed by atoms with Gasteiger partial charge < -0.3 is 5.32 Å². The van der Waals surface area contributed by atoms with Gasteiger partial charge >= 0.3 is 0 Å². The van der Waals surface area contributed by atoms with Gasteiger partial charge in [-0.1, -0.05) is 29.8 Å². The van der Waals surface area contributed by atoms with Gasteiger partial charge in [-0.2, -0.15) is 5.10 Å². The molecular formula is C14H16ClN3O. The summed E-state index contributed by atoms with van der Waals surface area (Å²) in [6.45, 7) is 0.606. The van der Waals surface area contributed by atoms with Crippen LogP contribution in [0.1, 0.15) is 11.1 Å². The van der Waals surface area contributed by atoms with Crippen LogP contribution in [0.2, 0.25) is 5.02 Å². The minimum atomic E-state index is -0.0167. The van der Waals surface area contributed by atoms with Gasteiger partial charge in [0.05, 0.1) is 12.6 Å². The molecule has 0 fully saturated rings. The van der Waals surface area contributed by atoms with Crippen molar-refractivity contribution < 1.29 is 4.79 Å². The summed E-state index contributed by atoms with van der Waals surface area (Å²) in [5.41, 5.74) is 1.96. The molecule has 2 rings (SSSR count). The lowest BCUT2D eigenvalue weighted by Gasteiger charge is -2.05. The van der Waals surface area contributed by atoms with Gasteiger partial charge in [0.2, 0.25) is 5.91 Å². The lowest BCUT2D eigenvalue weighted by Crippen LogP contribution is -2.27. The highest BCUT2D eigenvalue weighted by molar-refractivity contribution is 6.31. The van der Waals surface area contributed by atoms with Crippen LogP contribution in [0, 0.1) is 0 Å². The smallest absolute Gasteiger partial charge is 0.224 e. The number of aryl methyl sites for hydroxylation is 1. The lowest BCUT2D eigenvalue weighted by atomic mass is 10.1. The quantitative estimate of drug-likeness (QED) is 0.908. The van der Waals surface area contributed by atoms with Gasteiger partial charge in [0, 0.05) is 24.8 Å². The van der Waals surface area contributed by atoms with Crippen LogP contribution in [-0.4, -0.2) is 22.2 Å². The number of nitrogens with zero attached hydrogens (tertiary/aromatic N) is 2. The zero-order valence-electron chi connectivity index (χ0n) is 10.8. The molecular weight excluding hydrogens is 262 g/mol. The molecule has 2 aromatic rings. The van der Waals surface area contributed by atoms with Crippen molar-refractivity contribution in [3.8, 4) is 0 Å². The Hall–Kier alpha value is -1.81. The van der Waals surface area contributed by atoms with Crippen LogP contribution in [0.15, 0.2) is 36.7 Å². The monoisotopic (exact) mass is 277 g/mol. The molecule has 0 bridgehead atoms. The second-order valence-electron chi connectivity index (χ2n) is 4.39. The summed E-state index contributed by atoms with van der Waals surface area (Å²) < 4.78 is 1.75. The van der Waals surface area contributed by atoms with Gasteiger partial charge in [-0.25, -0.2) is 0 Å². The predicted molar refractivity (Wildman–Crippen MR) is 75.1 cm³/mol. The average molecular weight is 278 g/mol. The maximum atomic E-state index is 11.8. The fraction of sp³-hybridized carbons (Fsp3) is 0.286. The third-order valence-electron chi connectivity index (χ3n) is 2.80. The Morgan fingerprint density at radius 1 is 1.42 bits per heavy atom. The van der Waals surface area contributed by atoms with Crippen molar-refractivity contribution in [2.45, 2.75) is 12.8 Å². The van der Waals surface area contributed by atoms with E-state index in [0.29, 0.717) is 18.0 Å². The van der Waals surface area contributed by atoms with Crippen molar-refractivity contribution in [2.75, 3.05) is 6.54 Å². The minimum Gasteiger partial charge on any atom is -0.355 e. The molecule has 0 atom stereocenters. The van der Waals surface area contributed by atoms with E-state index in [0.717, 1.165) is 17.5 Å². The zero-order valence-corrected chi connectivity index (χ0v) is 11.5. The first-order valence-corrected chi connectivity index (χ1v) is 6.50. The minimum absolute atomic E-state index is 0.0167. The number of carbonyl (C=O) groups is 1. The van der Waals surface area contributed by atoms with Crippen molar-refractivity contribution in [2.24, 2.45) is 7.05 Å². The number of carbonyl (C=O) groups excluding carboxylic acids is 1. The Balaban J connectivity index is 1.77. The third kappa shape index (κ3) is 4.10. The number of rotatable bonds is 5. The van der Waals surface area contributed by atoms with E-state index < -0.39 is 0 Å². The van der Waals surface area contributed by atoms with Gasteiger partial charge in [0.15, 0.2) is 0 Å². The molecule has 0 unspecified atom stereocenters. The Bertz CT molecular complexity index is 565. The highest BCUT2D eigenvalue weighted by atomic mass is 35.5.